The Balaban J connectivity index is 0.00000132. The third-order valence-corrected chi connectivity index (χ3v) is 4.15. The van der Waals surface area contributed by atoms with Crippen molar-refractivity contribution in [2.24, 2.45) is 0 Å². The van der Waals surface area contributed by atoms with E-state index in [0.717, 1.165) is 0 Å². The molecule has 1 aliphatic rings. The van der Waals surface area contributed by atoms with Crippen molar-refractivity contribution in [3.8, 4) is 0 Å². The SMILES string of the molecule is CC1(c2cccc3ccccc23)[C-]=c2ccccc2=C1.[Ti]. The molecule has 3 aromatic rings. The molecule has 0 saturated heterocycles. The van der Waals surface area contributed by atoms with Gasteiger partial charge in [-0.1, -0.05) is 55.5 Å². The Bertz CT molecular complexity index is 881. The monoisotopic (exact) mass is 303 g/mol. The van der Waals surface area contributed by atoms with Crippen molar-refractivity contribution in [1.82, 2.24) is 0 Å². The number of hydrogen-bond donors (Lipinski definition) is 0. The van der Waals surface area contributed by atoms with Crippen LogP contribution in [0.5, 0.6) is 0 Å². The molecule has 3 aromatic carbocycles. The molecule has 0 fully saturated rings. The van der Waals surface area contributed by atoms with Gasteiger partial charge in [-0.25, -0.2) is 0 Å². The molecule has 1 unspecified atom stereocenters. The average molecular weight is 303 g/mol. The Morgan fingerprint density at radius 2 is 1.52 bits per heavy atom. The molecule has 100 valence electrons. The zero-order valence-corrected chi connectivity index (χ0v) is 13.5. The second-order valence-electron chi connectivity index (χ2n) is 5.59. The fourth-order valence-electron chi connectivity index (χ4n) is 3.19. The third kappa shape index (κ3) is 2.29. The summed E-state index contributed by atoms with van der Waals surface area (Å²) >= 11 is 0. The first kappa shape index (κ1) is 14.3. The first-order valence-corrected chi connectivity index (χ1v) is 6.98. The van der Waals surface area contributed by atoms with Gasteiger partial charge in [-0.15, -0.1) is 23.4 Å². The fraction of sp³-hybridized carbons (Fsp3) is 0.100. The van der Waals surface area contributed by atoms with Crippen molar-refractivity contribution in [3.63, 3.8) is 0 Å². The smallest absolute Gasteiger partial charge is 0 e. The van der Waals surface area contributed by atoms with Crippen molar-refractivity contribution >= 4 is 22.9 Å². The average Bonchev–Trinajstić information content (AvgIpc) is 2.84. The second-order valence-corrected chi connectivity index (χ2v) is 5.59. The van der Waals surface area contributed by atoms with Crippen LogP contribution >= 0.6 is 0 Å². The summed E-state index contributed by atoms with van der Waals surface area (Å²) in [7, 11) is 0. The van der Waals surface area contributed by atoms with E-state index in [4.69, 9.17) is 0 Å². The summed E-state index contributed by atoms with van der Waals surface area (Å²) in [6.07, 6.45) is 5.99. The molecule has 0 heterocycles. The van der Waals surface area contributed by atoms with Crippen molar-refractivity contribution < 1.29 is 21.7 Å². The summed E-state index contributed by atoms with van der Waals surface area (Å²) in [4.78, 5) is 0. The van der Waals surface area contributed by atoms with Gasteiger partial charge in [0.15, 0.2) is 0 Å². The normalized spacial score (nSPS) is 19.3. The molecule has 0 amide bonds. The minimum atomic E-state index is -0.148. The molecular formula is C20H15Ti-. The number of rotatable bonds is 1. The van der Waals surface area contributed by atoms with Crippen molar-refractivity contribution in [3.05, 3.63) is 82.7 Å². The van der Waals surface area contributed by atoms with Crippen molar-refractivity contribution in [1.29, 1.82) is 0 Å². The molecule has 1 aliphatic carbocycles. The minimum absolute atomic E-state index is 0. The van der Waals surface area contributed by atoms with Crippen LogP contribution in [0.25, 0.3) is 22.9 Å². The maximum absolute atomic E-state index is 3.66. The maximum atomic E-state index is 3.66. The van der Waals surface area contributed by atoms with E-state index in [-0.39, 0.29) is 27.1 Å². The van der Waals surface area contributed by atoms with Crippen molar-refractivity contribution in [2.45, 2.75) is 12.3 Å². The molecule has 0 saturated carbocycles. The Morgan fingerprint density at radius 3 is 2.38 bits per heavy atom. The first-order chi connectivity index (χ1) is 9.76. The van der Waals surface area contributed by atoms with E-state index in [1.165, 1.54) is 26.8 Å². The van der Waals surface area contributed by atoms with Crippen LogP contribution in [0.4, 0.5) is 0 Å². The predicted octanol–water partition coefficient (Wildman–Crippen LogP) is 3.25. The molecule has 0 aliphatic heterocycles. The van der Waals surface area contributed by atoms with Crippen LogP contribution in [-0.4, -0.2) is 0 Å². The van der Waals surface area contributed by atoms with Crippen LogP contribution in [0.1, 0.15) is 12.5 Å². The molecule has 0 bridgehead atoms. The number of hydrogen-bond acceptors (Lipinski definition) is 0. The van der Waals surface area contributed by atoms with E-state index in [2.05, 4.69) is 85.8 Å². The van der Waals surface area contributed by atoms with Gasteiger partial charge in [-0.2, -0.15) is 17.4 Å². The largest absolute Gasteiger partial charge is 0.189 e. The van der Waals surface area contributed by atoms with Gasteiger partial charge in [-0.3, -0.25) is 0 Å². The van der Waals surface area contributed by atoms with Gasteiger partial charge in [0, 0.05) is 21.7 Å². The first-order valence-electron chi connectivity index (χ1n) is 6.98. The molecule has 0 aromatic heterocycles. The van der Waals surface area contributed by atoms with E-state index in [1.807, 2.05) is 0 Å². The Labute approximate surface area is 139 Å². The van der Waals surface area contributed by atoms with Gasteiger partial charge in [0.1, 0.15) is 0 Å². The van der Waals surface area contributed by atoms with E-state index in [9.17, 15) is 0 Å². The molecule has 1 heteroatoms. The van der Waals surface area contributed by atoms with Crippen LogP contribution in [0.2, 0.25) is 0 Å². The van der Waals surface area contributed by atoms with Crippen LogP contribution in [0.15, 0.2) is 66.7 Å². The van der Waals surface area contributed by atoms with Gasteiger partial charge in [0.2, 0.25) is 0 Å². The molecule has 0 spiro atoms. The molecule has 4 rings (SSSR count). The number of benzene rings is 3. The summed E-state index contributed by atoms with van der Waals surface area (Å²) in [5, 5.41) is 5.09. The molecular weight excluding hydrogens is 288 g/mol. The van der Waals surface area contributed by atoms with E-state index in [0.29, 0.717) is 0 Å². The summed E-state index contributed by atoms with van der Waals surface area (Å²) in [5.41, 5.74) is 1.18. The minimum Gasteiger partial charge on any atom is -0.189 e. The zero-order valence-electron chi connectivity index (χ0n) is 11.9. The van der Waals surface area contributed by atoms with Crippen LogP contribution < -0.4 is 10.4 Å². The Morgan fingerprint density at radius 1 is 0.810 bits per heavy atom. The van der Waals surface area contributed by atoms with Gasteiger partial charge in [0.25, 0.3) is 0 Å². The third-order valence-electron chi connectivity index (χ3n) is 4.15. The van der Waals surface area contributed by atoms with Crippen LogP contribution in [0.3, 0.4) is 0 Å². The van der Waals surface area contributed by atoms with Gasteiger partial charge in [0.05, 0.1) is 0 Å². The summed E-state index contributed by atoms with van der Waals surface area (Å²) in [5.74, 6) is 0. The summed E-state index contributed by atoms with van der Waals surface area (Å²) in [6, 6.07) is 23.6. The van der Waals surface area contributed by atoms with Gasteiger partial charge in [-0.05, 0) is 21.8 Å². The molecule has 0 nitrogen and oxygen atoms in total. The number of fused-ring (bicyclic) bond motifs is 2. The molecule has 21 heavy (non-hydrogen) atoms. The molecule has 0 radical (unpaired) electrons. The predicted molar refractivity (Wildman–Crippen MR) is 84.9 cm³/mol. The van der Waals surface area contributed by atoms with Gasteiger partial charge < -0.3 is 0 Å². The Hall–Kier alpha value is -1.63. The summed E-state index contributed by atoms with van der Waals surface area (Å²) in [6.45, 7) is 2.24. The van der Waals surface area contributed by atoms with Gasteiger partial charge >= 0.3 is 0 Å². The quantitative estimate of drug-likeness (QED) is 0.478. The van der Waals surface area contributed by atoms with Crippen LogP contribution in [0, 0.1) is 0 Å². The standard InChI is InChI=1S/C20H15.Ti/c1-20(13-16-8-2-3-9-17(16)14-20)19-12-6-10-15-7-4-5-11-18(15)19;/h2-13H,1H3;/q-1;. The summed E-state index contributed by atoms with van der Waals surface area (Å²) < 4.78 is 0. The molecule has 1 atom stereocenters. The van der Waals surface area contributed by atoms with Crippen LogP contribution in [-0.2, 0) is 27.1 Å². The molecule has 0 N–H and O–H groups in total. The van der Waals surface area contributed by atoms with E-state index in [1.54, 1.807) is 0 Å². The Kier molecular flexibility index (Phi) is 3.61. The van der Waals surface area contributed by atoms with E-state index < -0.39 is 0 Å². The fourth-order valence-corrected chi connectivity index (χ4v) is 3.19. The van der Waals surface area contributed by atoms with Crippen molar-refractivity contribution in [2.75, 3.05) is 0 Å². The van der Waals surface area contributed by atoms with E-state index >= 15 is 0 Å². The zero-order chi connectivity index (χ0) is 13.6. The maximum Gasteiger partial charge on any atom is 0 e. The second kappa shape index (κ2) is 5.29. The topological polar surface area (TPSA) is 0 Å².